The molecule has 2 unspecified atom stereocenters. The summed E-state index contributed by atoms with van der Waals surface area (Å²) in [6, 6.07) is 0. The molecule has 2 heterocycles. The van der Waals surface area contributed by atoms with Crippen molar-refractivity contribution < 1.29 is 0 Å². The van der Waals surface area contributed by atoms with E-state index in [2.05, 4.69) is 41.0 Å². The average Bonchev–Trinajstić information content (AvgIpc) is 2.28. The molecule has 0 spiro atoms. The lowest BCUT2D eigenvalue weighted by Crippen LogP contribution is -2.39. The number of hydrogen-bond donors (Lipinski definition) is 1. The minimum absolute atomic E-state index is 0.739. The van der Waals surface area contributed by atoms with Crippen molar-refractivity contribution in [3.8, 4) is 0 Å². The van der Waals surface area contributed by atoms with Crippen LogP contribution in [0.2, 0.25) is 0 Å². The van der Waals surface area contributed by atoms with E-state index in [-0.39, 0.29) is 0 Å². The molecule has 0 aliphatic carbocycles. The van der Waals surface area contributed by atoms with Gasteiger partial charge < -0.3 is 10.2 Å². The van der Waals surface area contributed by atoms with Crippen molar-refractivity contribution in [2.45, 2.75) is 27.2 Å². The zero-order valence-corrected chi connectivity index (χ0v) is 11.0. The summed E-state index contributed by atoms with van der Waals surface area (Å²) in [7, 11) is 0. The fraction of sp³-hybridized carbons (Fsp3) is 0.692. The Bertz CT molecular complexity index is 356. The number of nitrogens with one attached hydrogen (secondary N) is 1. The lowest BCUT2D eigenvalue weighted by Gasteiger charge is -2.35. The zero-order chi connectivity index (χ0) is 12.3. The standard InChI is InChI=1S/C13H22N4/c1-4-15-12-6-14-7-13(16-12)17-8-10(2)5-11(3)9-17/h6-7,10-11H,4-5,8-9H2,1-3H3,(H,15,16). The molecule has 94 valence electrons. The minimum atomic E-state index is 0.739. The Labute approximate surface area is 103 Å². The van der Waals surface area contributed by atoms with E-state index in [0.29, 0.717) is 0 Å². The Balaban J connectivity index is 2.12. The maximum Gasteiger partial charge on any atom is 0.149 e. The smallest absolute Gasteiger partial charge is 0.149 e. The molecule has 1 N–H and O–H groups in total. The molecule has 0 radical (unpaired) electrons. The molecule has 1 aliphatic rings. The summed E-state index contributed by atoms with van der Waals surface area (Å²) in [5.41, 5.74) is 0. The lowest BCUT2D eigenvalue weighted by atomic mass is 9.92. The van der Waals surface area contributed by atoms with Gasteiger partial charge in [0.15, 0.2) is 0 Å². The van der Waals surface area contributed by atoms with Gasteiger partial charge in [0, 0.05) is 19.6 Å². The largest absolute Gasteiger partial charge is 0.369 e. The van der Waals surface area contributed by atoms with Crippen LogP contribution < -0.4 is 10.2 Å². The van der Waals surface area contributed by atoms with Crippen LogP contribution in [-0.4, -0.2) is 29.6 Å². The van der Waals surface area contributed by atoms with Gasteiger partial charge >= 0.3 is 0 Å². The summed E-state index contributed by atoms with van der Waals surface area (Å²) in [5.74, 6) is 3.35. The second kappa shape index (κ2) is 5.34. The summed E-state index contributed by atoms with van der Waals surface area (Å²) in [5, 5.41) is 3.21. The fourth-order valence-electron chi connectivity index (χ4n) is 2.62. The van der Waals surface area contributed by atoms with Gasteiger partial charge in [-0.2, -0.15) is 0 Å². The molecule has 2 rings (SSSR count). The van der Waals surface area contributed by atoms with Crippen LogP contribution in [-0.2, 0) is 0 Å². The van der Waals surface area contributed by atoms with Gasteiger partial charge in [0.1, 0.15) is 11.6 Å². The maximum atomic E-state index is 4.61. The van der Waals surface area contributed by atoms with Crippen LogP contribution in [0.3, 0.4) is 0 Å². The third-order valence-electron chi connectivity index (χ3n) is 3.17. The number of piperidine rings is 1. The Morgan fingerprint density at radius 3 is 2.65 bits per heavy atom. The number of rotatable bonds is 3. The van der Waals surface area contributed by atoms with E-state index in [1.807, 2.05) is 6.20 Å². The minimum Gasteiger partial charge on any atom is -0.369 e. The lowest BCUT2D eigenvalue weighted by molar-refractivity contribution is 0.355. The van der Waals surface area contributed by atoms with Gasteiger partial charge in [0.25, 0.3) is 0 Å². The van der Waals surface area contributed by atoms with Crippen LogP contribution in [0.4, 0.5) is 11.6 Å². The normalized spacial score (nSPS) is 24.8. The van der Waals surface area contributed by atoms with Gasteiger partial charge in [-0.15, -0.1) is 0 Å². The van der Waals surface area contributed by atoms with Crippen LogP contribution in [0.25, 0.3) is 0 Å². The van der Waals surface area contributed by atoms with E-state index in [9.17, 15) is 0 Å². The summed E-state index contributed by atoms with van der Waals surface area (Å²) >= 11 is 0. The Hall–Kier alpha value is -1.32. The Morgan fingerprint density at radius 2 is 2.00 bits per heavy atom. The van der Waals surface area contributed by atoms with Crippen molar-refractivity contribution in [1.82, 2.24) is 9.97 Å². The maximum absolute atomic E-state index is 4.61. The highest BCUT2D eigenvalue weighted by Gasteiger charge is 2.22. The molecule has 0 amide bonds. The number of anilines is 2. The molecule has 4 heteroatoms. The van der Waals surface area contributed by atoms with E-state index in [0.717, 1.165) is 43.1 Å². The monoisotopic (exact) mass is 234 g/mol. The van der Waals surface area contributed by atoms with Crippen LogP contribution in [0.5, 0.6) is 0 Å². The first kappa shape index (κ1) is 12.1. The van der Waals surface area contributed by atoms with Gasteiger partial charge in [-0.05, 0) is 25.2 Å². The van der Waals surface area contributed by atoms with E-state index in [1.165, 1.54) is 6.42 Å². The quantitative estimate of drug-likeness (QED) is 0.872. The van der Waals surface area contributed by atoms with Gasteiger partial charge in [-0.1, -0.05) is 13.8 Å². The highest BCUT2D eigenvalue weighted by molar-refractivity contribution is 5.44. The summed E-state index contributed by atoms with van der Waals surface area (Å²) in [4.78, 5) is 11.2. The Morgan fingerprint density at radius 1 is 1.29 bits per heavy atom. The molecular weight excluding hydrogens is 212 g/mol. The highest BCUT2D eigenvalue weighted by atomic mass is 15.2. The predicted octanol–water partition coefficient (Wildman–Crippen LogP) is 2.39. The molecular formula is C13H22N4. The van der Waals surface area contributed by atoms with Gasteiger partial charge in [0.2, 0.25) is 0 Å². The van der Waals surface area contributed by atoms with Crippen LogP contribution in [0.1, 0.15) is 27.2 Å². The molecule has 1 aromatic heterocycles. The number of aromatic nitrogens is 2. The Kier molecular flexibility index (Phi) is 3.82. The van der Waals surface area contributed by atoms with Crippen molar-refractivity contribution in [3.63, 3.8) is 0 Å². The molecule has 1 saturated heterocycles. The highest BCUT2D eigenvalue weighted by Crippen LogP contribution is 2.25. The topological polar surface area (TPSA) is 41.1 Å². The molecule has 1 aliphatic heterocycles. The van der Waals surface area contributed by atoms with Crippen LogP contribution in [0.15, 0.2) is 12.4 Å². The summed E-state index contributed by atoms with van der Waals surface area (Å²) in [6.07, 6.45) is 4.96. The van der Waals surface area contributed by atoms with Crippen molar-refractivity contribution in [1.29, 1.82) is 0 Å². The molecule has 4 nitrogen and oxygen atoms in total. The average molecular weight is 234 g/mol. The van der Waals surface area contributed by atoms with Crippen molar-refractivity contribution in [3.05, 3.63) is 12.4 Å². The molecule has 1 aromatic rings. The fourth-order valence-corrected chi connectivity index (χ4v) is 2.62. The first-order valence-electron chi connectivity index (χ1n) is 6.50. The summed E-state index contributed by atoms with van der Waals surface area (Å²) < 4.78 is 0. The van der Waals surface area contributed by atoms with E-state index < -0.39 is 0 Å². The van der Waals surface area contributed by atoms with Gasteiger partial charge in [-0.3, -0.25) is 4.98 Å². The first-order chi connectivity index (χ1) is 8.19. The van der Waals surface area contributed by atoms with Crippen molar-refractivity contribution >= 4 is 11.6 Å². The SMILES string of the molecule is CCNc1cncc(N2CC(C)CC(C)C2)n1. The molecule has 2 atom stereocenters. The van der Waals surface area contributed by atoms with Gasteiger partial charge in [0.05, 0.1) is 12.4 Å². The predicted molar refractivity (Wildman–Crippen MR) is 71.4 cm³/mol. The third kappa shape index (κ3) is 3.08. The van der Waals surface area contributed by atoms with Crippen LogP contribution in [0, 0.1) is 11.8 Å². The second-order valence-electron chi connectivity index (χ2n) is 5.14. The molecule has 0 bridgehead atoms. The molecule has 0 saturated carbocycles. The van der Waals surface area contributed by atoms with Crippen molar-refractivity contribution in [2.24, 2.45) is 11.8 Å². The number of nitrogens with zero attached hydrogens (tertiary/aromatic N) is 3. The van der Waals surface area contributed by atoms with Gasteiger partial charge in [-0.25, -0.2) is 4.98 Å². The van der Waals surface area contributed by atoms with Crippen LogP contribution >= 0.6 is 0 Å². The summed E-state index contributed by atoms with van der Waals surface area (Å²) in [6.45, 7) is 9.75. The third-order valence-corrected chi connectivity index (χ3v) is 3.17. The van der Waals surface area contributed by atoms with E-state index in [1.54, 1.807) is 6.20 Å². The van der Waals surface area contributed by atoms with E-state index in [4.69, 9.17) is 0 Å². The molecule has 17 heavy (non-hydrogen) atoms. The first-order valence-corrected chi connectivity index (χ1v) is 6.50. The molecule has 0 aromatic carbocycles. The van der Waals surface area contributed by atoms with Crippen molar-refractivity contribution in [2.75, 3.05) is 29.9 Å². The number of hydrogen-bond acceptors (Lipinski definition) is 4. The zero-order valence-electron chi connectivity index (χ0n) is 11.0. The molecule has 1 fully saturated rings. The van der Waals surface area contributed by atoms with E-state index >= 15 is 0 Å². The second-order valence-corrected chi connectivity index (χ2v) is 5.14.